The molecule has 3 nitrogen and oxygen atoms in total. The van der Waals surface area contributed by atoms with Gasteiger partial charge in [-0.15, -0.1) is 0 Å². The van der Waals surface area contributed by atoms with Crippen LogP contribution in [0.2, 0.25) is 0 Å². The van der Waals surface area contributed by atoms with E-state index in [4.69, 9.17) is 5.26 Å². The highest BCUT2D eigenvalue weighted by Gasteiger charge is 2.76. The number of hydrogen-bond acceptors (Lipinski definition) is 2. The van der Waals surface area contributed by atoms with E-state index in [-0.39, 0.29) is 5.56 Å². The van der Waals surface area contributed by atoms with Gasteiger partial charge in [-0.25, -0.2) is 0 Å². The molecule has 0 saturated carbocycles. The number of anilines is 1. The summed E-state index contributed by atoms with van der Waals surface area (Å²) in [4.78, 5) is 11.0. The lowest BCUT2D eigenvalue weighted by molar-refractivity contribution is -0.343. The number of halogens is 7. The van der Waals surface area contributed by atoms with Crippen molar-refractivity contribution in [3.8, 4) is 6.07 Å². The van der Waals surface area contributed by atoms with E-state index in [9.17, 15) is 35.5 Å². The Kier molecular flexibility index (Phi) is 4.17. The maximum Gasteiger partial charge on any atom is 0.460 e. The minimum atomic E-state index is -6.61. The minimum Gasteiger partial charge on any atom is -0.319 e. The maximum atomic E-state index is 13.0. The molecule has 0 unspecified atom stereocenters. The van der Waals surface area contributed by atoms with Crippen LogP contribution in [0, 0.1) is 11.3 Å². The van der Waals surface area contributed by atoms with E-state index < -0.39 is 29.6 Å². The van der Waals surface area contributed by atoms with E-state index in [1.807, 2.05) is 0 Å². The fraction of sp³-hybridized carbons (Fsp3) is 0.273. The zero-order chi connectivity index (χ0) is 16.5. The Labute approximate surface area is 113 Å². The van der Waals surface area contributed by atoms with Crippen molar-refractivity contribution in [3.05, 3.63) is 29.8 Å². The predicted molar refractivity (Wildman–Crippen MR) is 55.7 cm³/mol. The van der Waals surface area contributed by atoms with Crippen LogP contribution < -0.4 is 5.32 Å². The average Bonchev–Trinajstić information content (AvgIpc) is 2.37. The number of nitriles is 1. The third kappa shape index (κ3) is 2.91. The number of hydrogen-bond donors (Lipinski definition) is 1. The summed E-state index contributed by atoms with van der Waals surface area (Å²) >= 11 is 0. The summed E-state index contributed by atoms with van der Waals surface area (Å²) in [6, 6.07) is 5.84. The monoisotopic (exact) mass is 314 g/mol. The van der Waals surface area contributed by atoms with Crippen molar-refractivity contribution >= 4 is 11.6 Å². The summed E-state index contributed by atoms with van der Waals surface area (Å²) in [6.45, 7) is 0. The van der Waals surface area contributed by atoms with E-state index in [2.05, 4.69) is 0 Å². The van der Waals surface area contributed by atoms with Gasteiger partial charge in [-0.1, -0.05) is 12.1 Å². The second kappa shape index (κ2) is 5.23. The highest BCUT2D eigenvalue weighted by Crippen LogP contribution is 2.46. The van der Waals surface area contributed by atoms with Gasteiger partial charge in [0.25, 0.3) is 0 Å². The zero-order valence-corrected chi connectivity index (χ0v) is 9.81. The molecule has 0 saturated heterocycles. The molecule has 0 aromatic heterocycles. The molecular formula is C11H5F7N2O. The summed E-state index contributed by atoms with van der Waals surface area (Å²) in [5, 5.41) is 9.79. The molecule has 0 heterocycles. The van der Waals surface area contributed by atoms with Gasteiger partial charge in [-0.05, 0) is 12.1 Å². The fourth-order valence-electron chi connectivity index (χ4n) is 1.21. The van der Waals surface area contributed by atoms with E-state index in [0.29, 0.717) is 0 Å². The van der Waals surface area contributed by atoms with Gasteiger partial charge < -0.3 is 5.32 Å². The van der Waals surface area contributed by atoms with E-state index in [0.717, 1.165) is 18.2 Å². The molecule has 0 radical (unpaired) electrons. The molecule has 0 aliphatic rings. The SMILES string of the molecule is N#Cc1ccccc1NC(=O)C(F)(F)C(F)(F)C(F)(F)F. The van der Waals surface area contributed by atoms with Crippen LogP contribution >= 0.6 is 0 Å². The maximum absolute atomic E-state index is 13.0. The molecule has 1 rings (SSSR count). The molecule has 0 spiro atoms. The number of nitrogens with zero attached hydrogens (tertiary/aromatic N) is 1. The van der Waals surface area contributed by atoms with Crippen molar-refractivity contribution in [1.29, 1.82) is 5.26 Å². The van der Waals surface area contributed by atoms with Gasteiger partial charge in [-0.2, -0.15) is 36.0 Å². The average molecular weight is 314 g/mol. The molecule has 0 atom stereocenters. The predicted octanol–water partition coefficient (Wildman–Crippen LogP) is 3.33. The highest BCUT2D eigenvalue weighted by molar-refractivity contribution is 5.98. The van der Waals surface area contributed by atoms with Crippen molar-refractivity contribution in [1.82, 2.24) is 0 Å². The van der Waals surface area contributed by atoms with Crippen molar-refractivity contribution < 1.29 is 35.5 Å². The van der Waals surface area contributed by atoms with Crippen molar-refractivity contribution in [2.24, 2.45) is 0 Å². The first-order valence-corrected chi connectivity index (χ1v) is 5.08. The second-order valence-corrected chi connectivity index (χ2v) is 3.76. The first kappa shape index (κ1) is 16.7. The van der Waals surface area contributed by atoms with Crippen LogP contribution in [0.15, 0.2) is 24.3 Å². The number of para-hydroxylation sites is 1. The number of rotatable bonds is 3. The highest BCUT2D eigenvalue weighted by atomic mass is 19.4. The van der Waals surface area contributed by atoms with Crippen LogP contribution in [0.3, 0.4) is 0 Å². The minimum absolute atomic E-state index is 0.378. The van der Waals surface area contributed by atoms with Gasteiger partial charge in [0.05, 0.1) is 11.3 Å². The molecule has 1 aromatic rings. The van der Waals surface area contributed by atoms with E-state index in [1.54, 1.807) is 0 Å². The quantitative estimate of drug-likeness (QED) is 0.870. The lowest BCUT2D eigenvalue weighted by Crippen LogP contribution is -2.57. The Bertz CT molecular complexity index is 589. The van der Waals surface area contributed by atoms with Gasteiger partial charge in [0.2, 0.25) is 0 Å². The lowest BCUT2D eigenvalue weighted by atomic mass is 10.1. The fourth-order valence-corrected chi connectivity index (χ4v) is 1.21. The number of amides is 1. The number of nitrogens with one attached hydrogen (secondary N) is 1. The molecular weight excluding hydrogens is 309 g/mol. The van der Waals surface area contributed by atoms with Crippen LogP contribution in [0.25, 0.3) is 0 Å². The summed E-state index contributed by atoms with van der Waals surface area (Å²) in [5.74, 6) is -15.5. The molecule has 0 aliphatic carbocycles. The third-order valence-corrected chi connectivity index (χ3v) is 2.33. The molecule has 1 N–H and O–H groups in total. The van der Waals surface area contributed by atoms with Crippen LogP contribution in [0.1, 0.15) is 5.56 Å². The smallest absolute Gasteiger partial charge is 0.319 e. The molecule has 1 aromatic carbocycles. The standard InChI is InChI=1S/C11H5F7N2O/c12-9(13,10(14,15)11(16,17)18)8(21)20-7-4-2-1-3-6(7)5-19/h1-4H,(H,20,21). The van der Waals surface area contributed by atoms with E-state index >= 15 is 0 Å². The van der Waals surface area contributed by atoms with Crippen molar-refractivity contribution in [2.45, 2.75) is 18.0 Å². The van der Waals surface area contributed by atoms with E-state index in [1.165, 1.54) is 17.5 Å². The normalized spacial score (nSPS) is 12.7. The van der Waals surface area contributed by atoms with Gasteiger partial charge in [0.1, 0.15) is 6.07 Å². The van der Waals surface area contributed by atoms with Crippen LogP contribution in [-0.2, 0) is 4.79 Å². The summed E-state index contributed by atoms with van der Waals surface area (Å²) < 4.78 is 87.1. The van der Waals surface area contributed by atoms with Crippen molar-refractivity contribution in [2.75, 3.05) is 5.32 Å². The van der Waals surface area contributed by atoms with Crippen molar-refractivity contribution in [3.63, 3.8) is 0 Å². The lowest BCUT2D eigenvalue weighted by Gasteiger charge is -2.27. The summed E-state index contributed by atoms with van der Waals surface area (Å²) in [7, 11) is 0. The summed E-state index contributed by atoms with van der Waals surface area (Å²) in [5.41, 5.74) is -0.986. The Morgan fingerprint density at radius 2 is 1.57 bits per heavy atom. The molecule has 21 heavy (non-hydrogen) atoms. The van der Waals surface area contributed by atoms with Gasteiger partial charge in [0.15, 0.2) is 0 Å². The molecule has 0 fully saturated rings. The van der Waals surface area contributed by atoms with Gasteiger partial charge in [-0.3, -0.25) is 4.79 Å². The summed E-state index contributed by atoms with van der Waals surface area (Å²) in [6.07, 6.45) is -6.61. The topological polar surface area (TPSA) is 52.9 Å². The number of carbonyl (C=O) groups excluding carboxylic acids is 1. The second-order valence-electron chi connectivity index (χ2n) is 3.76. The number of benzene rings is 1. The molecule has 114 valence electrons. The zero-order valence-electron chi connectivity index (χ0n) is 9.81. The Hall–Kier alpha value is -2.31. The Balaban J connectivity index is 3.11. The first-order valence-electron chi connectivity index (χ1n) is 5.08. The van der Waals surface area contributed by atoms with Crippen LogP contribution in [0.5, 0.6) is 0 Å². The number of alkyl halides is 7. The first-order chi connectivity index (χ1) is 9.45. The van der Waals surface area contributed by atoms with Gasteiger partial charge >= 0.3 is 23.9 Å². The Morgan fingerprint density at radius 1 is 1.05 bits per heavy atom. The molecule has 0 bridgehead atoms. The molecule has 1 amide bonds. The molecule has 10 heteroatoms. The Morgan fingerprint density at radius 3 is 2.05 bits per heavy atom. The van der Waals surface area contributed by atoms with Crippen LogP contribution in [-0.4, -0.2) is 23.9 Å². The molecule has 0 aliphatic heterocycles. The van der Waals surface area contributed by atoms with Crippen LogP contribution in [0.4, 0.5) is 36.4 Å². The largest absolute Gasteiger partial charge is 0.460 e. The number of carbonyl (C=O) groups is 1. The third-order valence-electron chi connectivity index (χ3n) is 2.33. The van der Waals surface area contributed by atoms with Gasteiger partial charge in [0, 0.05) is 0 Å².